The fourth-order valence-electron chi connectivity index (χ4n) is 3.23. The first-order valence-corrected chi connectivity index (χ1v) is 7.92. The van der Waals surface area contributed by atoms with Crippen LogP contribution in [-0.4, -0.2) is 31.6 Å². The van der Waals surface area contributed by atoms with Gasteiger partial charge in [0, 0.05) is 17.7 Å². The number of aromatic nitrogens is 5. The molecule has 1 aliphatic heterocycles. The fourth-order valence-corrected chi connectivity index (χ4v) is 3.23. The zero-order valence-electron chi connectivity index (χ0n) is 13.1. The summed E-state index contributed by atoms with van der Waals surface area (Å²) in [6.07, 6.45) is 3.90. The molecule has 0 fully saturated rings. The lowest BCUT2D eigenvalue weighted by Gasteiger charge is -2.27. The maximum atomic E-state index is 13.1. The second-order valence-electron chi connectivity index (χ2n) is 5.91. The zero-order chi connectivity index (χ0) is 16.8. The van der Waals surface area contributed by atoms with E-state index < -0.39 is 0 Å². The van der Waals surface area contributed by atoms with Gasteiger partial charge in [0.05, 0.1) is 12.9 Å². The number of hydrogen-bond acceptors (Lipinski definition) is 6. The predicted octanol–water partition coefficient (Wildman–Crippen LogP) is 2.71. The van der Waals surface area contributed by atoms with Crippen LogP contribution in [0, 0.1) is 5.82 Å². The lowest BCUT2D eigenvalue weighted by Crippen LogP contribution is -2.31. The normalized spacial score (nSPS) is 14.0. The fraction of sp³-hybridized carbons (Fsp3) is 0.176. The van der Waals surface area contributed by atoms with Crippen molar-refractivity contribution in [2.75, 3.05) is 11.4 Å². The average molecular weight is 336 g/mol. The SMILES string of the molecule is Fc1ccc(-c2onc3c2CCN(c2ncnc4nc[nH]c24)C3)cc1. The Morgan fingerprint density at radius 1 is 1.12 bits per heavy atom. The minimum absolute atomic E-state index is 0.268. The molecule has 0 aliphatic carbocycles. The van der Waals surface area contributed by atoms with Crippen LogP contribution in [0.4, 0.5) is 10.2 Å². The highest BCUT2D eigenvalue weighted by atomic mass is 19.1. The van der Waals surface area contributed by atoms with Crippen LogP contribution in [0.3, 0.4) is 0 Å². The molecule has 0 spiro atoms. The van der Waals surface area contributed by atoms with Crippen molar-refractivity contribution in [3.8, 4) is 11.3 Å². The summed E-state index contributed by atoms with van der Waals surface area (Å²) in [7, 11) is 0. The minimum Gasteiger partial charge on any atom is -0.356 e. The van der Waals surface area contributed by atoms with Crippen LogP contribution < -0.4 is 4.90 Å². The maximum absolute atomic E-state index is 13.1. The van der Waals surface area contributed by atoms with Crippen molar-refractivity contribution in [2.24, 2.45) is 0 Å². The Bertz CT molecular complexity index is 1050. The number of fused-ring (bicyclic) bond motifs is 2. The molecule has 1 N–H and O–H groups in total. The second-order valence-corrected chi connectivity index (χ2v) is 5.91. The summed E-state index contributed by atoms with van der Waals surface area (Å²) in [6.45, 7) is 1.36. The molecule has 5 rings (SSSR count). The van der Waals surface area contributed by atoms with E-state index in [1.54, 1.807) is 18.5 Å². The van der Waals surface area contributed by atoms with Crippen molar-refractivity contribution >= 4 is 17.0 Å². The quantitative estimate of drug-likeness (QED) is 0.606. The van der Waals surface area contributed by atoms with Crippen molar-refractivity contribution in [1.82, 2.24) is 25.1 Å². The van der Waals surface area contributed by atoms with Gasteiger partial charge in [-0.05, 0) is 30.7 Å². The van der Waals surface area contributed by atoms with Crippen LogP contribution in [0.1, 0.15) is 11.3 Å². The molecule has 4 heterocycles. The van der Waals surface area contributed by atoms with Crippen molar-refractivity contribution in [3.05, 3.63) is 54.0 Å². The smallest absolute Gasteiger partial charge is 0.182 e. The van der Waals surface area contributed by atoms with E-state index in [0.717, 1.165) is 41.1 Å². The van der Waals surface area contributed by atoms with Crippen molar-refractivity contribution in [1.29, 1.82) is 0 Å². The van der Waals surface area contributed by atoms with Gasteiger partial charge in [-0.2, -0.15) is 0 Å². The molecule has 0 saturated heterocycles. The van der Waals surface area contributed by atoms with Gasteiger partial charge < -0.3 is 14.4 Å². The topological polar surface area (TPSA) is 83.7 Å². The lowest BCUT2D eigenvalue weighted by molar-refractivity contribution is 0.423. The number of nitrogens with one attached hydrogen (secondary N) is 1. The van der Waals surface area contributed by atoms with Gasteiger partial charge in [-0.3, -0.25) is 0 Å². The minimum atomic E-state index is -0.268. The Balaban J connectivity index is 1.50. The summed E-state index contributed by atoms with van der Waals surface area (Å²) in [5.74, 6) is 1.25. The van der Waals surface area contributed by atoms with Crippen LogP contribution in [0.2, 0.25) is 0 Å². The first kappa shape index (κ1) is 14.1. The molecule has 25 heavy (non-hydrogen) atoms. The van der Waals surface area contributed by atoms with Crippen LogP contribution in [0.25, 0.3) is 22.5 Å². The zero-order valence-corrected chi connectivity index (χ0v) is 13.1. The summed E-state index contributed by atoms with van der Waals surface area (Å²) in [5, 5.41) is 4.22. The summed E-state index contributed by atoms with van der Waals surface area (Å²) in [5.41, 5.74) is 4.23. The third kappa shape index (κ3) is 2.25. The van der Waals surface area contributed by atoms with Gasteiger partial charge in [0.2, 0.25) is 0 Å². The monoisotopic (exact) mass is 336 g/mol. The number of anilines is 1. The molecule has 4 aromatic rings. The Kier molecular flexibility index (Phi) is 3.03. The van der Waals surface area contributed by atoms with Crippen LogP contribution in [0.5, 0.6) is 0 Å². The van der Waals surface area contributed by atoms with Gasteiger partial charge >= 0.3 is 0 Å². The van der Waals surface area contributed by atoms with Gasteiger partial charge in [0.1, 0.15) is 23.4 Å². The molecule has 1 aromatic carbocycles. The van der Waals surface area contributed by atoms with Crippen LogP contribution in [0.15, 0.2) is 41.4 Å². The van der Waals surface area contributed by atoms with Crippen LogP contribution in [-0.2, 0) is 13.0 Å². The molecule has 0 bridgehead atoms. The van der Waals surface area contributed by atoms with E-state index >= 15 is 0 Å². The Morgan fingerprint density at radius 3 is 2.88 bits per heavy atom. The third-order valence-electron chi connectivity index (χ3n) is 4.45. The van der Waals surface area contributed by atoms with E-state index in [9.17, 15) is 4.39 Å². The van der Waals surface area contributed by atoms with E-state index in [2.05, 4.69) is 30.0 Å². The Hall–Kier alpha value is -3.29. The van der Waals surface area contributed by atoms with Gasteiger partial charge in [-0.25, -0.2) is 19.3 Å². The highest BCUT2D eigenvalue weighted by Crippen LogP contribution is 2.32. The largest absolute Gasteiger partial charge is 0.356 e. The molecule has 0 radical (unpaired) electrons. The van der Waals surface area contributed by atoms with Gasteiger partial charge in [-0.1, -0.05) is 5.16 Å². The predicted molar refractivity (Wildman–Crippen MR) is 88.3 cm³/mol. The summed E-state index contributed by atoms with van der Waals surface area (Å²) in [4.78, 5) is 17.9. The highest BCUT2D eigenvalue weighted by Gasteiger charge is 2.26. The van der Waals surface area contributed by atoms with Crippen molar-refractivity contribution < 1.29 is 8.91 Å². The van der Waals surface area contributed by atoms with Gasteiger partial charge in [0.15, 0.2) is 17.2 Å². The standard InChI is InChI=1S/C17H13FN6O/c18-11-3-1-10(2-4-11)15-12-5-6-24(7-13(12)23-25-15)17-14-16(20-8-19-14)21-9-22-17/h1-4,8-9H,5-7H2,(H,19,20,21,22). The molecule has 7 nitrogen and oxygen atoms in total. The highest BCUT2D eigenvalue weighted by molar-refractivity contribution is 5.82. The number of nitrogens with zero attached hydrogens (tertiary/aromatic N) is 5. The van der Waals surface area contributed by atoms with E-state index in [1.807, 2.05) is 0 Å². The third-order valence-corrected chi connectivity index (χ3v) is 4.45. The van der Waals surface area contributed by atoms with Gasteiger partial charge in [-0.15, -0.1) is 0 Å². The number of H-pyrrole nitrogens is 1. The number of aromatic amines is 1. The van der Waals surface area contributed by atoms with Gasteiger partial charge in [0.25, 0.3) is 0 Å². The maximum Gasteiger partial charge on any atom is 0.182 e. The number of halogens is 1. The summed E-state index contributed by atoms with van der Waals surface area (Å²) >= 11 is 0. The number of rotatable bonds is 2. The molecule has 0 atom stereocenters. The van der Waals surface area contributed by atoms with Crippen molar-refractivity contribution in [2.45, 2.75) is 13.0 Å². The molecular weight excluding hydrogens is 323 g/mol. The average Bonchev–Trinajstić information content (AvgIpc) is 3.28. The molecule has 124 valence electrons. The molecule has 0 saturated carbocycles. The summed E-state index contributed by atoms with van der Waals surface area (Å²) in [6, 6.07) is 6.27. The lowest BCUT2D eigenvalue weighted by atomic mass is 10.0. The first-order chi connectivity index (χ1) is 12.3. The number of imidazole rings is 1. The number of hydrogen-bond donors (Lipinski definition) is 1. The molecule has 0 amide bonds. The van der Waals surface area contributed by atoms with Crippen molar-refractivity contribution in [3.63, 3.8) is 0 Å². The Labute approximate surface area is 141 Å². The van der Waals surface area contributed by atoms with E-state index in [0.29, 0.717) is 18.0 Å². The number of benzene rings is 1. The van der Waals surface area contributed by atoms with E-state index in [4.69, 9.17) is 4.52 Å². The molecule has 8 heteroatoms. The first-order valence-electron chi connectivity index (χ1n) is 7.92. The second kappa shape index (κ2) is 5.37. The molecule has 0 unspecified atom stereocenters. The summed E-state index contributed by atoms with van der Waals surface area (Å²) < 4.78 is 18.7. The molecule has 3 aromatic heterocycles. The van der Waals surface area contributed by atoms with E-state index in [-0.39, 0.29) is 5.82 Å². The Morgan fingerprint density at radius 2 is 2.00 bits per heavy atom. The molecule has 1 aliphatic rings. The van der Waals surface area contributed by atoms with Crippen LogP contribution >= 0.6 is 0 Å². The van der Waals surface area contributed by atoms with E-state index in [1.165, 1.54) is 18.5 Å². The molecular formula is C17H13FN6O.